The minimum atomic E-state index is 0. The molecule has 25 heavy (non-hydrogen) atoms. The number of nitrogens with zero attached hydrogens (tertiary/aromatic N) is 3. The van der Waals surface area contributed by atoms with Crippen LogP contribution in [0.25, 0.3) is 0 Å². The highest BCUT2D eigenvalue weighted by molar-refractivity contribution is 14.0. The van der Waals surface area contributed by atoms with Gasteiger partial charge in [-0.15, -0.1) is 24.0 Å². The van der Waals surface area contributed by atoms with E-state index in [-0.39, 0.29) is 24.0 Å². The van der Waals surface area contributed by atoms with Crippen LogP contribution in [0, 0.1) is 0 Å². The van der Waals surface area contributed by atoms with Crippen LogP contribution in [0.3, 0.4) is 0 Å². The molecule has 0 saturated carbocycles. The third kappa shape index (κ3) is 8.31. The molecule has 136 valence electrons. The Balaban J connectivity index is 0.00000312. The fourth-order valence-electron chi connectivity index (χ4n) is 2.32. The van der Waals surface area contributed by atoms with Crippen LogP contribution >= 0.6 is 24.0 Å². The number of nitrogens with one attached hydrogen (secondary N) is 1. The van der Waals surface area contributed by atoms with E-state index in [2.05, 4.69) is 58.4 Å². The number of benzene rings is 1. The molecule has 0 bridgehead atoms. The van der Waals surface area contributed by atoms with Gasteiger partial charge in [0.25, 0.3) is 0 Å². The van der Waals surface area contributed by atoms with Gasteiger partial charge in [0.1, 0.15) is 0 Å². The van der Waals surface area contributed by atoms with Gasteiger partial charge in [-0.1, -0.05) is 36.4 Å². The van der Waals surface area contributed by atoms with Crippen molar-refractivity contribution in [3.05, 3.63) is 66.0 Å². The molecular weight excluding hydrogens is 425 g/mol. The van der Waals surface area contributed by atoms with Gasteiger partial charge >= 0.3 is 0 Å². The van der Waals surface area contributed by atoms with E-state index >= 15 is 0 Å². The molecule has 0 radical (unpaired) electrons. The molecule has 2 rings (SSSR count). The maximum atomic E-state index is 5.94. The molecule has 0 aliphatic carbocycles. The molecule has 0 fully saturated rings. The van der Waals surface area contributed by atoms with Crippen molar-refractivity contribution in [3.8, 4) is 0 Å². The summed E-state index contributed by atoms with van der Waals surface area (Å²) in [6.07, 6.45) is 2.64. The molecule has 0 aliphatic heterocycles. The summed E-state index contributed by atoms with van der Waals surface area (Å²) in [5.41, 5.74) is 8.29. The first-order valence-electron chi connectivity index (χ1n) is 8.33. The number of guanidine groups is 1. The second kappa shape index (κ2) is 11.8. The quantitative estimate of drug-likeness (QED) is 0.367. The van der Waals surface area contributed by atoms with E-state index in [1.165, 1.54) is 5.56 Å². The van der Waals surface area contributed by atoms with Crippen molar-refractivity contribution in [2.75, 3.05) is 20.1 Å². The molecule has 3 N–H and O–H groups in total. The van der Waals surface area contributed by atoms with E-state index in [1.807, 2.05) is 24.3 Å². The molecule has 6 heteroatoms. The number of halogens is 1. The Labute approximate surface area is 167 Å². The predicted octanol–water partition coefficient (Wildman–Crippen LogP) is 2.67. The van der Waals surface area contributed by atoms with E-state index < -0.39 is 0 Å². The van der Waals surface area contributed by atoms with Crippen molar-refractivity contribution in [1.29, 1.82) is 0 Å². The number of hydrogen-bond acceptors (Lipinski definition) is 3. The minimum absolute atomic E-state index is 0. The summed E-state index contributed by atoms with van der Waals surface area (Å²) in [4.78, 5) is 11.0. The summed E-state index contributed by atoms with van der Waals surface area (Å²) in [7, 11) is 2.11. The van der Waals surface area contributed by atoms with Gasteiger partial charge < -0.3 is 11.1 Å². The Bertz CT molecular complexity index is 618. The normalized spacial score (nSPS) is 12.5. The monoisotopic (exact) mass is 453 g/mol. The number of hydrogen-bond donors (Lipinski definition) is 2. The topological polar surface area (TPSA) is 66.5 Å². The third-order valence-corrected chi connectivity index (χ3v) is 3.97. The standard InChI is InChI=1S/C19H27N5.HI/c1-16(24(2)15-17-8-4-3-5-9-17)14-23-19(20)22-13-11-18-10-6-7-12-21-18;/h3-10,12,16H,11,13-15H2,1-2H3,(H3,20,22,23);1H. The van der Waals surface area contributed by atoms with Crippen LogP contribution in [0.2, 0.25) is 0 Å². The summed E-state index contributed by atoms with van der Waals surface area (Å²) in [5.74, 6) is 0.492. The van der Waals surface area contributed by atoms with Crippen LogP contribution < -0.4 is 11.1 Å². The highest BCUT2D eigenvalue weighted by Gasteiger charge is 2.09. The van der Waals surface area contributed by atoms with Gasteiger partial charge in [0, 0.05) is 37.4 Å². The molecular formula is C19H28IN5. The van der Waals surface area contributed by atoms with Crippen molar-refractivity contribution in [1.82, 2.24) is 15.2 Å². The van der Waals surface area contributed by atoms with Crippen molar-refractivity contribution in [2.24, 2.45) is 10.7 Å². The number of aromatic nitrogens is 1. The molecule has 1 aromatic heterocycles. The molecule has 1 atom stereocenters. The van der Waals surface area contributed by atoms with Gasteiger partial charge in [0.15, 0.2) is 5.96 Å². The summed E-state index contributed by atoms with van der Waals surface area (Å²) in [6.45, 7) is 4.48. The molecule has 0 saturated heterocycles. The Morgan fingerprint density at radius 2 is 1.92 bits per heavy atom. The highest BCUT2D eigenvalue weighted by atomic mass is 127. The lowest BCUT2D eigenvalue weighted by molar-refractivity contribution is 0.255. The van der Waals surface area contributed by atoms with Gasteiger partial charge in [-0.3, -0.25) is 14.9 Å². The van der Waals surface area contributed by atoms with Crippen molar-refractivity contribution in [2.45, 2.75) is 25.9 Å². The molecule has 5 nitrogen and oxygen atoms in total. The maximum Gasteiger partial charge on any atom is 0.188 e. The maximum absolute atomic E-state index is 5.94. The Kier molecular flexibility index (Phi) is 10.1. The van der Waals surface area contributed by atoms with Gasteiger partial charge in [0.05, 0.1) is 6.54 Å². The first-order chi connectivity index (χ1) is 11.6. The zero-order valence-electron chi connectivity index (χ0n) is 14.9. The van der Waals surface area contributed by atoms with E-state index in [4.69, 9.17) is 5.73 Å². The molecule has 0 amide bonds. The lowest BCUT2D eigenvalue weighted by atomic mass is 10.2. The van der Waals surface area contributed by atoms with E-state index in [0.717, 1.165) is 25.2 Å². The fraction of sp³-hybridized carbons (Fsp3) is 0.368. The van der Waals surface area contributed by atoms with Crippen LogP contribution in [0.15, 0.2) is 59.7 Å². The first kappa shape index (κ1) is 21.4. The molecule has 0 spiro atoms. The lowest BCUT2D eigenvalue weighted by Gasteiger charge is -2.23. The van der Waals surface area contributed by atoms with Gasteiger partial charge in [0.2, 0.25) is 0 Å². The Morgan fingerprint density at radius 3 is 2.60 bits per heavy atom. The zero-order chi connectivity index (χ0) is 17.2. The minimum Gasteiger partial charge on any atom is -0.370 e. The predicted molar refractivity (Wildman–Crippen MR) is 115 cm³/mol. The number of nitrogens with two attached hydrogens (primary N) is 1. The van der Waals surface area contributed by atoms with E-state index in [9.17, 15) is 0 Å². The summed E-state index contributed by atoms with van der Waals surface area (Å²) >= 11 is 0. The second-order valence-electron chi connectivity index (χ2n) is 5.97. The molecule has 2 aromatic rings. The van der Waals surface area contributed by atoms with Crippen molar-refractivity contribution >= 4 is 29.9 Å². The smallest absolute Gasteiger partial charge is 0.188 e. The highest BCUT2D eigenvalue weighted by Crippen LogP contribution is 2.06. The number of pyridine rings is 1. The molecule has 1 heterocycles. The number of rotatable bonds is 8. The van der Waals surface area contributed by atoms with E-state index in [0.29, 0.717) is 18.5 Å². The summed E-state index contributed by atoms with van der Waals surface area (Å²) in [5, 5.41) is 3.14. The van der Waals surface area contributed by atoms with Crippen molar-refractivity contribution in [3.63, 3.8) is 0 Å². The second-order valence-corrected chi connectivity index (χ2v) is 5.97. The largest absolute Gasteiger partial charge is 0.370 e. The summed E-state index contributed by atoms with van der Waals surface area (Å²) in [6, 6.07) is 16.7. The zero-order valence-corrected chi connectivity index (χ0v) is 17.3. The average molecular weight is 453 g/mol. The third-order valence-electron chi connectivity index (χ3n) is 3.97. The van der Waals surface area contributed by atoms with Crippen LogP contribution in [0.5, 0.6) is 0 Å². The van der Waals surface area contributed by atoms with Crippen LogP contribution in [-0.4, -0.2) is 42.0 Å². The van der Waals surface area contributed by atoms with E-state index in [1.54, 1.807) is 6.20 Å². The average Bonchev–Trinajstić information content (AvgIpc) is 2.61. The molecule has 1 aromatic carbocycles. The first-order valence-corrected chi connectivity index (χ1v) is 8.33. The molecule has 0 aliphatic rings. The Hall–Kier alpha value is -1.67. The Morgan fingerprint density at radius 1 is 1.20 bits per heavy atom. The number of aliphatic imine (C=N–C) groups is 1. The fourth-order valence-corrected chi connectivity index (χ4v) is 2.32. The van der Waals surface area contributed by atoms with Gasteiger partial charge in [-0.05, 0) is 31.7 Å². The van der Waals surface area contributed by atoms with Gasteiger partial charge in [-0.25, -0.2) is 0 Å². The SMILES string of the molecule is CC(CN=C(N)NCCc1ccccn1)N(C)Cc1ccccc1.I. The molecule has 1 unspecified atom stereocenters. The van der Waals surface area contributed by atoms with Crippen molar-refractivity contribution < 1.29 is 0 Å². The van der Waals surface area contributed by atoms with Crippen LogP contribution in [0.1, 0.15) is 18.2 Å². The van der Waals surface area contributed by atoms with Gasteiger partial charge in [-0.2, -0.15) is 0 Å². The lowest BCUT2D eigenvalue weighted by Crippen LogP contribution is -2.36. The van der Waals surface area contributed by atoms with Crippen LogP contribution in [-0.2, 0) is 13.0 Å². The van der Waals surface area contributed by atoms with Crippen LogP contribution in [0.4, 0.5) is 0 Å². The summed E-state index contributed by atoms with van der Waals surface area (Å²) < 4.78 is 0. The number of likely N-dealkylation sites (N-methyl/N-ethyl adjacent to an activating group) is 1.